The monoisotopic (exact) mass is 277 g/mol. The standard InChI is InChI=1S/C15H23N3O2/c1-10(2)6-13(8-16)15(20)18-9-11-4-3-5-12(7-11)14(17)19/h3-5,7,10,13H,6,8-9,16H2,1-2H3,(H2,17,19)(H,18,20). The molecule has 0 aliphatic heterocycles. The van der Waals surface area contributed by atoms with Crippen LogP contribution in [-0.4, -0.2) is 18.4 Å². The van der Waals surface area contributed by atoms with Gasteiger partial charge in [-0.05, 0) is 30.0 Å². The number of hydrogen-bond acceptors (Lipinski definition) is 3. The molecule has 5 nitrogen and oxygen atoms in total. The van der Waals surface area contributed by atoms with Gasteiger partial charge in [0.25, 0.3) is 0 Å². The molecule has 1 aromatic carbocycles. The van der Waals surface area contributed by atoms with Crippen LogP contribution < -0.4 is 16.8 Å². The quantitative estimate of drug-likeness (QED) is 0.694. The normalized spacial score (nSPS) is 12.2. The van der Waals surface area contributed by atoms with Gasteiger partial charge in [-0.25, -0.2) is 0 Å². The molecule has 0 fully saturated rings. The highest BCUT2D eigenvalue weighted by molar-refractivity contribution is 5.92. The number of carbonyl (C=O) groups excluding carboxylic acids is 2. The van der Waals surface area contributed by atoms with Crippen molar-refractivity contribution in [3.05, 3.63) is 35.4 Å². The van der Waals surface area contributed by atoms with Gasteiger partial charge >= 0.3 is 0 Å². The van der Waals surface area contributed by atoms with Gasteiger partial charge in [-0.2, -0.15) is 0 Å². The van der Waals surface area contributed by atoms with E-state index < -0.39 is 5.91 Å². The number of amides is 2. The van der Waals surface area contributed by atoms with E-state index in [2.05, 4.69) is 19.2 Å². The second kappa shape index (κ2) is 7.65. The molecule has 2 amide bonds. The van der Waals surface area contributed by atoms with Gasteiger partial charge in [0.1, 0.15) is 0 Å². The molecule has 0 aliphatic rings. The average molecular weight is 277 g/mol. The van der Waals surface area contributed by atoms with Crippen molar-refractivity contribution in [1.82, 2.24) is 5.32 Å². The Hall–Kier alpha value is -1.88. The SMILES string of the molecule is CC(C)CC(CN)C(=O)NCc1cccc(C(N)=O)c1. The molecule has 0 spiro atoms. The number of nitrogens with one attached hydrogen (secondary N) is 1. The van der Waals surface area contributed by atoms with Crippen LogP contribution in [0.5, 0.6) is 0 Å². The molecule has 5 heteroatoms. The third-order valence-electron chi connectivity index (χ3n) is 3.09. The molecule has 1 atom stereocenters. The molecule has 0 aromatic heterocycles. The van der Waals surface area contributed by atoms with Crippen LogP contribution in [0.15, 0.2) is 24.3 Å². The maximum absolute atomic E-state index is 12.0. The number of nitrogens with two attached hydrogens (primary N) is 2. The molecule has 0 bridgehead atoms. The molecule has 0 aliphatic carbocycles. The molecule has 0 heterocycles. The summed E-state index contributed by atoms with van der Waals surface area (Å²) < 4.78 is 0. The first-order chi connectivity index (χ1) is 9.43. The predicted molar refractivity (Wildman–Crippen MR) is 78.8 cm³/mol. The summed E-state index contributed by atoms with van der Waals surface area (Å²) in [6.45, 7) is 4.83. The van der Waals surface area contributed by atoms with E-state index in [0.717, 1.165) is 12.0 Å². The van der Waals surface area contributed by atoms with Gasteiger partial charge in [-0.1, -0.05) is 26.0 Å². The lowest BCUT2D eigenvalue weighted by atomic mass is 9.96. The summed E-state index contributed by atoms with van der Waals surface area (Å²) in [5.74, 6) is -0.273. The van der Waals surface area contributed by atoms with Crippen molar-refractivity contribution in [3.8, 4) is 0 Å². The Kier molecular flexibility index (Phi) is 6.18. The second-order valence-corrected chi connectivity index (χ2v) is 5.34. The molecular formula is C15H23N3O2. The summed E-state index contributed by atoms with van der Waals surface area (Å²) in [5.41, 5.74) is 12.1. The van der Waals surface area contributed by atoms with Crippen molar-refractivity contribution >= 4 is 11.8 Å². The smallest absolute Gasteiger partial charge is 0.248 e. The lowest BCUT2D eigenvalue weighted by Gasteiger charge is -2.16. The van der Waals surface area contributed by atoms with Crippen LogP contribution in [0, 0.1) is 11.8 Å². The molecule has 20 heavy (non-hydrogen) atoms. The van der Waals surface area contributed by atoms with E-state index >= 15 is 0 Å². The van der Waals surface area contributed by atoms with Crippen molar-refractivity contribution < 1.29 is 9.59 Å². The van der Waals surface area contributed by atoms with E-state index in [4.69, 9.17) is 11.5 Å². The summed E-state index contributed by atoms with van der Waals surface area (Å²) in [4.78, 5) is 23.1. The predicted octanol–water partition coefficient (Wildman–Crippen LogP) is 1.02. The number of hydrogen-bond donors (Lipinski definition) is 3. The Morgan fingerprint density at radius 3 is 2.55 bits per heavy atom. The first kappa shape index (κ1) is 16.2. The third kappa shape index (κ3) is 5.01. The van der Waals surface area contributed by atoms with E-state index in [9.17, 15) is 9.59 Å². The summed E-state index contributed by atoms with van der Waals surface area (Å²) in [6, 6.07) is 6.92. The van der Waals surface area contributed by atoms with Crippen molar-refractivity contribution in [2.24, 2.45) is 23.3 Å². The maximum atomic E-state index is 12.0. The lowest BCUT2D eigenvalue weighted by Crippen LogP contribution is -2.35. The Balaban J connectivity index is 2.59. The Morgan fingerprint density at radius 2 is 2.00 bits per heavy atom. The van der Waals surface area contributed by atoms with E-state index in [0.29, 0.717) is 24.6 Å². The molecule has 1 rings (SSSR count). The van der Waals surface area contributed by atoms with Crippen LogP contribution in [0.2, 0.25) is 0 Å². The summed E-state index contributed by atoms with van der Waals surface area (Å²) in [6.07, 6.45) is 0.768. The minimum absolute atomic E-state index is 0.0503. The van der Waals surface area contributed by atoms with Gasteiger partial charge < -0.3 is 16.8 Å². The fourth-order valence-electron chi connectivity index (χ4n) is 2.05. The highest BCUT2D eigenvalue weighted by Gasteiger charge is 2.17. The first-order valence-corrected chi connectivity index (χ1v) is 6.80. The Bertz CT molecular complexity index is 472. The minimum Gasteiger partial charge on any atom is -0.366 e. The van der Waals surface area contributed by atoms with Crippen LogP contribution in [0.3, 0.4) is 0 Å². The van der Waals surface area contributed by atoms with E-state index in [1.165, 1.54) is 0 Å². The van der Waals surface area contributed by atoms with E-state index in [-0.39, 0.29) is 11.8 Å². The lowest BCUT2D eigenvalue weighted by molar-refractivity contribution is -0.125. The molecule has 110 valence electrons. The van der Waals surface area contributed by atoms with Crippen molar-refractivity contribution in [2.75, 3.05) is 6.54 Å². The van der Waals surface area contributed by atoms with Crippen LogP contribution in [0.25, 0.3) is 0 Å². The zero-order valence-electron chi connectivity index (χ0n) is 12.1. The first-order valence-electron chi connectivity index (χ1n) is 6.80. The fourth-order valence-corrected chi connectivity index (χ4v) is 2.05. The number of primary amides is 1. The van der Waals surface area contributed by atoms with Gasteiger partial charge in [0.15, 0.2) is 0 Å². The Morgan fingerprint density at radius 1 is 1.30 bits per heavy atom. The van der Waals surface area contributed by atoms with Gasteiger partial charge in [-0.15, -0.1) is 0 Å². The van der Waals surface area contributed by atoms with Crippen LogP contribution in [0.4, 0.5) is 0 Å². The summed E-state index contributed by atoms with van der Waals surface area (Å²) >= 11 is 0. The molecule has 1 unspecified atom stereocenters. The molecule has 0 radical (unpaired) electrons. The summed E-state index contributed by atoms with van der Waals surface area (Å²) in [7, 11) is 0. The largest absolute Gasteiger partial charge is 0.366 e. The minimum atomic E-state index is -0.474. The van der Waals surface area contributed by atoms with Crippen LogP contribution in [-0.2, 0) is 11.3 Å². The third-order valence-corrected chi connectivity index (χ3v) is 3.09. The zero-order valence-corrected chi connectivity index (χ0v) is 12.1. The van der Waals surface area contributed by atoms with Gasteiger partial charge in [0, 0.05) is 18.7 Å². The topological polar surface area (TPSA) is 98.2 Å². The molecule has 0 saturated carbocycles. The molecular weight excluding hydrogens is 254 g/mol. The Labute approximate surface area is 119 Å². The highest BCUT2D eigenvalue weighted by atomic mass is 16.2. The molecule has 0 saturated heterocycles. The number of carbonyl (C=O) groups is 2. The zero-order chi connectivity index (χ0) is 15.1. The number of rotatable bonds is 7. The van der Waals surface area contributed by atoms with Crippen molar-refractivity contribution in [3.63, 3.8) is 0 Å². The van der Waals surface area contributed by atoms with Gasteiger partial charge in [0.2, 0.25) is 11.8 Å². The average Bonchev–Trinajstić information content (AvgIpc) is 2.42. The number of benzene rings is 1. The van der Waals surface area contributed by atoms with Gasteiger partial charge in [-0.3, -0.25) is 9.59 Å². The summed E-state index contributed by atoms with van der Waals surface area (Å²) in [5, 5.41) is 2.85. The van der Waals surface area contributed by atoms with Crippen LogP contribution >= 0.6 is 0 Å². The van der Waals surface area contributed by atoms with E-state index in [1.807, 2.05) is 6.07 Å². The van der Waals surface area contributed by atoms with E-state index in [1.54, 1.807) is 18.2 Å². The van der Waals surface area contributed by atoms with Crippen molar-refractivity contribution in [2.45, 2.75) is 26.8 Å². The molecule has 5 N–H and O–H groups in total. The highest BCUT2D eigenvalue weighted by Crippen LogP contribution is 2.11. The maximum Gasteiger partial charge on any atom is 0.248 e. The fraction of sp³-hybridized carbons (Fsp3) is 0.467. The van der Waals surface area contributed by atoms with Gasteiger partial charge in [0.05, 0.1) is 5.92 Å². The molecule has 1 aromatic rings. The van der Waals surface area contributed by atoms with Crippen LogP contribution in [0.1, 0.15) is 36.2 Å². The second-order valence-electron chi connectivity index (χ2n) is 5.34. The van der Waals surface area contributed by atoms with Crippen molar-refractivity contribution in [1.29, 1.82) is 0 Å².